The SMILES string of the molecule is C=C/C(=C\C=C/C)[C@]1(N2CC(C)C(C)C2)CCCCC1=O. The van der Waals surface area contributed by atoms with Crippen LogP contribution in [0.1, 0.15) is 46.5 Å². The summed E-state index contributed by atoms with van der Waals surface area (Å²) in [5, 5.41) is 0. The molecule has 1 heterocycles. The molecule has 0 N–H and O–H groups in total. The highest BCUT2D eigenvalue weighted by molar-refractivity contribution is 5.93. The lowest BCUT2D eigenvalue weighted by Gasteiger charge is -2.44. The van der Waals surface area contributed by atoms with Crippen LogP contribution >= 0.6 is 0 Å². The van der Waals surface area contributed by atoms with E-state index in [1.54, 1.807) is 0 Å². The molecule has 2 heteroatoms. The first-order valence-corrected chi connectivity index (χ1v) is 8.30. The van der Waals surface area contributed by atoms with Gasteiger partial charge >= 0.3 is 0 Å². The largest absolute Gasteiger partial charge is 0.297 e. The number of hydrogen-bond donors (Lipinski definition) is 0. The van der Waals surface area contributed by atoms with E-state index in [4.69, 9.17) is 0 Å². The van der Waals surface area contributed by atoms with Gasteiger partial charge in [-0.25, -0.2) is 0 Å². The van der Waals surface area contributed by atoms with Crippen molar-refractivity contribution in [3.63, 3.8) is 0 Å². The van der Waals surface area contributed by atoms with Crippen molar-refractivity contribution in [2.75, 3.05) is 13.1 Å². The van der Waals surface area contributed by atoms with Gasteiger partial charge in [-0.2, -0.15) is 0 Å². The Bertz CT molecular complexity index is 452. The predicted molar refractivity (Wildman–Crippen MR) is 89.2 cm³/mol. The van der Waals surface area contributed by atoms with E-state index in [9.17, 15) is 4.79 Å². The minimum Gasteiger partial charge on any atom is -0.297 e. The van der Waals surface area contributed by atoms with Crippen LogP contribution in [0.5, 0.6) is 0 Å². The van der Waals surface area contributed by atoms with Crippen LogP contribution in [-0.2, 0) is 4.79 Å². The first-order chi connectivity index (χ1) is 10.1. The Balaban J connectivity index is 2.44. The van der Waals surface area contributed by atoms with Crippen LogP contribution in [0.2, 0.25) is 0 Å². The average Bonchev–Trinajstić information content (AvgIpc) is 2.81. The molecule has 0 spiro atoms. The highest BCUT2D eigenvalue weighted by Gasteiger charge is 2.49. The van der Waals surface area contributed by atoms with Crippen molar-refractivity contribution in [1.29, 1.82) is 0 Å². The van der Waals surface area contributed by atoms with Gasteiger partial charge in [0.15, 0.2) is 5.78 Å². The fourth-order valence-corrected chi connectivity index (χ4v) is 3.85. The highest BCUT2D eigenvalue weighted by atomic mass is 16.1. The highest BCUT2D eigenvalue weighted by Crippen LogP contribution is 2.41. The van der Waals surface area contributed by atoms with Crippen molar-refractivity contribution in [2.24, 2.45) is 11.8 Å². The third kappa shape index (κ3) is 2.91. The maximum atomic E-state index is 12.9. The molecule has 116 valence electrons. The Hall–Kier alpha value is -1.15. The molecule has 3 atom stereocenters. The number of ketones is 1. The molecular weight excluding hydrogens is 258 g/mol. The Morgan fingerprint density at radius 3 is 2.48 bits per heavy atom. The lowest BCUT2D eigenvalue weighted by Crippen LogP contribution is -2.56. The van der Waals surface area contributed by atoms with Crippen LogP contribution in [0.15, 0.2) is 36.5 Å². The second-order valence-electron chi connectivity index (χ2n) is 6.70. The summed E-state index contributed by atoms with van der Waals surface area (Å²) in [4.78, 5) is 15.4. The van der Waals surface area contributed by atoms with E-state index in [0.29, 0.717) is 24.0 Å². The molecule has 1 aliphatic carbocycles. The topological polar surface area (TPSA) is 20.3 Å². The molecule has 1 saturated heterocycles. The Morgan fingerprint density at radius 1 is 1.29 bits per heavy atom. The van der Waals surface area contributed by atoms with Gasteiger partial charge in [0.2, 0.25) is 0 Å². The minimum atomic E-state index is -0.418. The van der Waals surface area contributed by atoms with E-state index in [1.807, 2.05) is 25.2 Å². The molecule has 2 rings (SSSR count). The van der Waals surface area contributed by atoms with Crippen molar-refractivity contribution in [2.45, 2.75) is 52.0 Å². The smallest absolute Gasteiger partial charge is 0.157 e. The van der Waals surface area contributed by atoms with Crippen molar-refractivity contribution >= 4 is 5.78 Å². The van der Waals surface area contributed by atoms with Gasteiger partial charge in [0.25, 0.3) is 0 Å². The van der Waals surface area contributed by atoms with Gasteiger partial charge < -0.3 is 0 Å². The summed E-state index contributed by atoms with van der Waals surface area (Å²) in [5.41, 5.74) is 0.671. The number of Topliss-reactive ketones (excluding diaryl/α,β-unsaturated/α-hetero) is 1. The fraction of sp³-hybridized carbons (Fsp3) is 0.632. The van der Waals surface area contributed by atoms with Crippen LogP contribution in [0.4, 0.5) is 0 Å². The van der Waals surface area contributed by atoms with E-state index in [0.717, 1.165) is 37.9 Å². The summed E-state index contributed by atoms with van der Waals surface area (Å²) in [6.07, 6.45) is 11.9. The summed E-state index contributed by atoms with van der Waals surface area (Å²) >= 11 is 0. The van der Waals surface area contributed by atoms with Crippen molar-refractivity contribution in [3.8, 4) is 0 Å². The van der Waals surface area contributed by atoms with Gasteiger partial charge in [-0.15, -0.1) is 0 Å². The van der Waals surface area contributed by atoms with Crippen molar-refractivity contribution < 1.29 is 4.79 Å². The molecule has 0 aromatic rings. The lowest BCUT2D eigenvalue weighted by molar-refractivity contribution is -0.131. The quantitative estimate of drug-likeness (QED) is 0.724. The summed E-state index contributed by atoms with van der Waals surface area (Å²) in [6, 6.07) is 0. The van der Waals surface area contributed by atoms with Crippen LogP contribution in [0.3, 0.4) is 0 Å². The molecule has 2 fully saturated rings. The zero-order valence-electron chi connectivity index (χ0n) is 13.8. The van der Waals surface area contributed by atoms with E-state index in [-0.39, 0.29) is 0 Å². The molecule has 1 saturated carbocycles. The van der Waals surface area contributed by atoms with E-state index < -0.39 is 5.54 Å². The molecular formula is C19H29NO. The first kappa shape index (κ1) is 16.2. The number of allylic oxidation sites excluding steroid dienone is 3. The van der Waals surface area contributed by atoms with Gasteiger partial charge in [0, 0.05) is 19.5 Å². The molecule has 0 radical (unpaired) electrons. The first-order valence-electron chi connectivity index (χ1n) is 8.30. The molecule has 2 aliphatic rings. The van der Waals surface area contributed by atoms with Crippen LogP contribution in [0, 0.1) is 11.8 Å². The van der Waals surface area contributed by atoms with Gasteiger partial charge in [-0.1, -0.05) is 51.2 Å². The third-order valence-corrected chi connectivity index (χ3v) is 5.35. The molecule has 1 aliphatic heterocycles. The molecule has 2 unspecified atom stereocenters. The number of rotatable bonds is 4. The number of carbonyl (C=O) groups excluding carboxylic acids is 1. The van der Waals surface area contributed by atoms with Crippen LogP contribution in [-0.4, -0.2) is 29.3 Å². The fourth-order valence-electron chi connectivity index (χ4n) is 3.85. The van der Waals surface area contributed by atoms with Gasteiger partial charge in [0.1, 0.15) is 5.54 Å². The molecule has 0 aromatic carbocycles. The predicted octanol–water partition coefficient (Wildman–Crippen LogP) is 4.14. The maximum Gasteiger partial charge on any atom is 0.157 e. The molecule has 0 aromatic heterocycles. The summed E-state index contributed by atoms with van der Waals surface area (Å²) in [7, 11) is 0. The van der Waals surface area contributed by atoms with E-state index >= 15 is 0 Å². The molecule has 0 bridgehead atoms. The summed E-state index contributed by atoms with van der Waals surface area (Å²) < 4.78 is 0. The Morgan fingerprint density at radius 2 is 1.95 bits per heavy atom. The monoisotopic (exact) mass is 287 g/mol. The van der Waals surface area contributed by atoms with Crippen molar-refractivity contribution in [1.82, 2.24) is 4.90 Å². The minimum absolute atomic E-state index is 0.394. The van der Waals surface area contributed by atoms with Gasteiger partial charge in [0.05, 0.1) is 0 Å². The van der Waals surface area contributed by atoms with Crippen molar-refractivity contribution in [3.05, 3.63) is 36.5 Å². The zero-order chi connectivity index (χ0) is 15.5. The molecule has 0 amide bonds. The second-order valence-corrected chi connectivity index (χ2v) is 6.70. The molecule has 21 heavy (non-hydrogen) atoms. The molecule has 2 nitrogen and oxygen atoms in total. The van der Waals surface area contributed by atoms with E-state index in [2.05, 4.69) is 31.4 Å². The average molecular weight is 287 g/mol. The third-order valence-electron chi connectivity index (χ3n) is 5.35. The Labute approximate surface area is 129 Å². The standard InChI is InChI=1S/C19H29NO/c1-5-7-10-17(6-2)19(12-9-8-11-18(19)21)20-13-15(3)16(4)14-20/h5-7,10,15-16H,2,8-9,11-14H2,1,3-4H3/b7-5-,17-10+/t15?,16?,19-/m1/s1. The van der Waals surface area contributed by atoms with E-state index in [1.165, 1.54) is 0 Å². The number of likely N-dealkylation sites (tertiary alicyclic amines) is 1. The van der Waals surface area contributed by atoms with Crippen LogP contribution in [0.25, 0.3) is 0 Å². The van der Waals surface area contributed by atoms with Gasteiger partial charge in [-0.05, 0) is 37.2 Å². The number of nitrogens with zero attached hydrogens (tertiary/aromatic N) is 1. The summed E-state index contributed by atoms with van der Waals surface area (Å²) in [6.45, 7) is 12.6. The normalized spacial score (nSPS) is 35.6. The maximum absolute atomic E-state index is 12.9. The van der Waals surface area contributed by atoms with Gasteiger partial charge in [-0.3, -0.25) is 9.69 Å². The summed E-state index contributed by atoms with van der Waals surface area (Å²) in [5.74, 6) is 1.71. The lowest BCUT2D eigenvalue weighted by atomic mass is 9.73. The number of carbonyl (C=O) groups is 1. The number of hydrogen-bond acceptors (Lipinski definition) is 2. The second kappa shape index (κ2) is 6.74. The Kier molecular flexibility index (Phi) is 5.21. The van der Waals surface area contributed by atoms with Crippen LogP contribution < -0.4 is 0 Å². The zero-order valence-corrected chi connectivity index (χ0v) is 13.8.